The fraction of sp³-hybridized carbons (Fsp3) is 0.214. The van der Waals surface area contributed by atoms with Crippen LogP contribution in [0.2, 0.25) is 0 Å². The molecule has 23 heavy (non-hydrogen) atoms. The zero-order valence-electron chi connectivity index (χ0n) is 12.1. The normalized spacial score (nSPS) is 11.2. The van der Waals surface area contributed by atoms with E-state index in [1.807, 2.05) is 0 Å². The number of hydrogen-bond donors (Lipinski definition) is 2. The van der Waals surface area contributed by atoms with Gasteiger partial charge in [-0.25, -0.2) is 21.9 Å². The summed E-state index contributed by atoms with van der Waals surface area (Å²) in [5, 5.41) is 11.1. The third-order valence-corrected chi connectivity index (χ3v) is 5.82. The predicted octanol–water partition coefficient (Wildman–Crippen LogP) is 2.60. The number of rotatable bonds is 6. The highest BCUT2D eigenvalue weighted by Crippen LogP contribution is 2.21. The van der Waals surface area contributed by atoms with E-state index in [0.717, 1.165) is 28.3 Å². The number of anilines is 1. The van der Waals surface area contributed by atoms with Crippen molar-refractivity contribution < 1.29 is 17.2 Å². The van der Waals surface area contributed by atoms with Crippen LogP contribution in [0.5, 0.6) is 0 Å². The molecule has 9 heteroatoms. The van der Waals surface area contributed by atoms with Gasteiger partial charge in [0, 0.05) is 18.0 Å². The molecule has 0 radical (unpaired) electrons. The first-order valence-electron chi connectivity index (χ1n) is 6.52. The first kappa shape index (κ1) is 17.3. The molecule has 2 N–H and O–H groups in total. The summed E-state index contributed by atoms with van der Waals surface area (Å²) >= 11 is 1.14. The molecule has 5 nitrogen and oxygen atoms in total. The average molecular weight is 357 g/mol. The van der Waals surface area contributed by atoms with Crippen LogP contribution >= 0.6 is 11.3 Å². The summed E-state index contributed by atoms with van der Waals surface area (Å²) in [6.45, 7) is 1.74. The largest absolute Gasteiger partial charge is 0.379 e. The number of nitriles is 1. The van der Waals surface area contributed by atoms with Gasteiger partial charge in [-0.2, -0.15) is 5.26 Å². The van der Waals surface area contributed by atoms with Crippen LogP contribution in [-0.4, -0.2) is 21.5 Å². The van der Waals surface area contributed by atoms with Gasteiger partial charge in [-0.1, -0.05) is 0 Å². The van der Waals surface area contributed by atoms with Gasteiger partial charge in [-0.3, -0.25) is 0 Å². The molecule has 122 valence electrons. The number of hydrogen-bond acceptors (Lipinski definition) is 5. The standard InChI is InChI=1S/C14H13F2N3O2S2/c1-9-2-3-13(22-9)23(20,21)19-5-4-18-14-11(15)6-10(8-17)7-12(14)16/h2-3,6-7,18-19H,4-5H2,1H3. The zero-order chi connectivity index (χ0) is 17.0. The Morgan fingerprint density at radius 1 is 1.22 bits per heavy atom. The van der Waals surface area contributed by atoms with E-state index in [4.69, 9.17) is 5.26 Å². The highest BCUT2D eigenvalue weighted by atomic mass is 32.2. The van der Waals surface area contributed by atoms with Crippen molar-refractivity contribution in [3.8, 4) is 6.07 Å². The molecule has 0 amide bonds. The van der Waals surface area contributed by atoms with E-state index in [-0.39, 0.29) is 22.9 Å². The van der Waals surface area contributed by atoms with Crippen molar-refractivity contribution in [2.24, 2.45) is 0 Å². The molecule has 0 fully saturated rings. The maximum absolute atomic E-state index is 13.6. The average Bonchev–Trinajstić information content (AvgIpc) is 2.92. The van der Waals surface area contributed by atoms with Crippen molar-refractivity contribution in [3.05, 3.63) is 46.3 Å². The summed E-state index contributed by atoms with van der Waals surface area (Å²) in [5.41, 5.74) is -0.519. The summed E-state index contributed by atoms with van der Waals surface area (Å²) in [4.78, 5) is 0.866. The number of halogens is 2. The minimum Gasteiger partial charge on any atom is -0.379 e. The van der Waals surface area contributed by atoms with Crippen molar-refractivity contribution in [1.82, 2.24) is 4.72 Å². The van der Waals surface area contributed by atoms with E-state index in [0.29, 0.717) is 0 Å². The molecule has 0 saturated carbocycles. The van der Waals surface area contributed by atoms with Gasteiger partial charge < -0.3 is 5.32 Å². The van der Waals surface area contributed by atoms with Crippen molar-refractivity contribution in [2.45, 2.75) is 11.1 Å². The number of thiophene rings is 1. The third kappa shape index (κ3) is 4.25. The molecular weight excluding hydrogens is 344 g/mol. The van der Waals surface area contributed by atoms with Crippen molar-refractivity contribution in [2.75, 3.05) is 18.4 Å². The number of benzene rings is 1. The molecule has 0 aliphatic rings. The van der Waals surface area contributed by atoms with E-state index >= 15 is 0 Å². The van der Waals surface area contributed by atoms with Gasteiger partial charge >= 0.3 is 0 Å². The molecule has 1 aromatic carbocycles. The lowest BCUT2D eigenvalue weighted by atomic mass is 10.2. The van der Waals surface area contributed by atoms with Crippen LogP contribution in [0.3, 0.4) is 0 Å². The van der Waals surface area contributed by atoms with E-state index in [2.05, 4.69) is 10.0 Å². The van der Waals surface area contributed by atoms with Crippen LogP contribution in [0.15, 0.2) is 28.5 Å². The Bertz CT molecular complexity index is 834. The van der Waals surface area contributed by atoms with Crippen LogP contribution in [0.25, 0.3) is 0 Å². The Hall–Kier alpha value is -2.02. The second kappa shape index (κ2) is 7.04. The molecule has 1 aromatic heterocycles. The Balaban J connectivity index is 1.95. The second-order valence-corrected chi connectivity index (χ2v) is 7.90. The molecule has 0 aliphatic carbocycles. The third-order valence-electron chi connectivity index (χ3n) is 2.87. The smallest absolute Gasteiger partial charge is 0.250 e. The fourth-order valence-electron chi connectivity index (χ4n) is 1.81. The molecular formula is C14H13F2N3O2S2. The molecule has 0 unspecified atom stereocenters. The minimum absolute atomic E-state index is 0.0106. The molecule has 0 bridgehead atoms. The quantitative estimate of drug-likeness (QED) is 0.779. The summed E-state index contributed by atoms with van der Waals surface area (Å²) in [5.74, 6) is -1.81. The van der Waals surface area contributed by atoms with E-state index in [1.54, 1.807) is 19.1 Å². The topological polar surface area (TPSA) is 82.0 Å². The van der Waals surface area contributed by atoms with E-state index in [1.165, 1.54) is 6.07 Å². The highest BCUT2D eigenvalue weighted by Gasteiger charge is 2.16. The van der Waals surface area contributed by atoms with Crippen molar-refractivity contribution in [1.29, 1.82) is 5.26 Å². The van der Waals surface area contributed by atoms with E-state index < -0.39 is 27.3 Å². The van der Waals surface area contributed by atoms with Crippen molar-refractivity contribution in [3.63, 3.8) is 0 Å². The Kier molecular flexibility index (Phi) is 5.30. The minimum atomic E-state index is -3.63. The van der Waals surface area contributed by atoms with Crippen LogP contribution in [0, 0.1) is 29.9 Å². The molecule has 1 heterocycles. The molecule has 0 saturated heterocycles. The maximum Gasteiger partial charge on any atom is 0.250 e. The summed E-state index contributed by atoms with van der Waals surface area (Å²) < 4.78 is 53.7. The number of aryl methyl sites for hydroxylation is 1. The molecule has 0 spiro atoms. The fourth-order valence-corrected chi connectivity index (χ4v) is 4.17. The Labute approximate surface area is 136 Å². The van der Waals surface area contributed by atoms with Crippen molar-refractivity contribution >= 4 is 27.0 Å². The summed E-state index contributed by atoms with van der Waals surface area (Å²) in [6, 6.07) is 6.65. The monoisotopic (exact) mass is 357 g/mol. The Morgan fingerprint density at radius 2 is 1.87 bits per heavy atom. The molecule has 0 atom stereocenters. The zero-order valence-corrected chi connectivity index (χ0v) is 13.7. The second-order valence-electron chi connectivity index (χ2n) is 4.62. The number of sulfonamides is 1. The first-order chi connectivity index (χ1) is 10.8. The van der Waals surface area contributed by atoms with Gasteiger partial charge in [0.1, 0.15) is 9.90 Å². The Morgan fingerprint density at radius 3 is 2.39 bits per heavy atom. The van der Waals surface area contributed by atoms with Crippen LogP contribution < -0.4 is 10.0 Å². The van der Waals surface area contributed by atoms with Gasteiger partial charge in [0.05, 0.1) is 11.6 Å². The molecule has 2 rings (SSSR count). The van der Waals surface area contributed by atoms with Gasteiger partial charge in [0.15, 0.2) is 11.6 Å². The van der Waals surface area contributed by atoms with Gasteiger partial charge in [-0.05, 0) is 31.2 Å². The molecule has 2 aromatic rings. The number of nitrogens with zero attached hydrogens (tertiary/aromatic N) is 1. The van der Waals surface area contributed by atoms with Crippen LogP contribution in [-0.2, 0) is 10.0 Å². The van der Waals surface area contributed by atoms with Gasteiger partial charge in [0.2, 0.25) is 10.0 Å². The maximum atomic E-state index is 13.6. The molecule has 0 aliphatic heterocycles. The lowest BCUT2D eigenvalue weighted by molar-refractivity contribution is 0.582. The summed E-state index contributed by atoms with van der Waals surface area (Å²) in [7, 11) is -3.63. The van der Waals surface area contributed by atoms with Crippen LogP contribution in [0.1, 0.15) is 10.4 Å². The van der Waals surface area contributed by atoms with Gasteiger partial charge in [0.25, 0.3) is 0 Å². The lowest BCUT2D eigenvalue weighted by Gasteiger charge is -2.10. The predicted molar refractivity (Wildman–Crippen MR) is 83.8 cm³/mol. The first-order valence-corrected chi connectivity index (χ1v) is 8.82. The SMILES string of the molecule is Cc1ccc(S(=O)(=O)NCCNc2c(F)cc(C#N)cc2F)s1. The lowest BCUT2D eigenvalue weighted by Crippen LogP contribution is -2.28. The highest BCUT2D eigenvalue weighted by molar-refractivity contribution is 7.91. The van der Waals surface area contributed by atoms with Gasteiger partial charge in [-0.15, -0.1) is 11.3 Å². The van der Waals surface area contributed by atoms with Crippen LogP contribution in [0.4, 0.5) is 14.5 Å². The van der Waals surface area contributed by atoms with E-state index in [9.17, 15) is 17.2 Å². The summed E-state index contributed by atoms with van der Waals surface area (Å²) in [6.07, 6.45) is 0. The number of nitrogens with one attached hydrogen (secondary N) is 2.